The summed E-state index contributed by atoms with van der Waals surface area (Å²) in [7, 11) is -2.20. The molecule has 0 saturated heterocycles. The maximum atomic E-state index is 14.5. The van der Waals surface area contributed by atoms with Crippen LogP contribution < -0.4 is 9.62 Å². The standard InChI is InChI=1S/C23H22F3N5O2S/c1-23(25,26)18-13-29-21-17(11-19(30-21)14-6-8-16(24)9-7-14)20(18)28-12-15-5-4-10-27-22(15)31(2)34(3,32)33/h4-11,13H,12H2,1-3H3,(H2,28,29,30). The molecule has 0 amide bonds. The second kappa shape index (κ2) is 8.64. The largest absolute Gasteiger partial charge is 0.380 e. The first kappa shape index (κ1) is 23.6. The Morgan fingerprint density at radius 1 is 1.15 bits per heavy atom. The number of aromatic nitrogens is 3. The number of hydrogen-bond acceptors (Lipinski definition) is 5. The summed E-state index contributed by atoms with van der Waals surface area (Å²) in [6.45, 7) is 0.809. The fourth-order valence-electron chi connectivity index (χ4n) is 3.58. The van der Waals surface area contributed by atoms with E-state index in [1.54, 1.807) is 30.3 Å². The maximum Gasteiger partial charge on any atom is 0.274 e. The first-order chi connectivity index (χ1) is 15.9. The summed E-state index contributed by atoms with van der Waals surface area (Å²) in [6.07, 6.45) is 3.61. The number of rotatable bonds is 7. The number of aromatic amines is 1. The number of alkyl halides is 2. The van der Waals surface area contributed by atoms with Crippen LogP contribution in [0.25, 0.3) is 22.3 Å². The Bertz CT molecular complexity index is 1450. The second-order valence-corrected chi connectivity index (χ2v) is 9.97. The highest BCUT2D eigenvalue weighted by molar-refractivity contribution is 7.92. The Morgan fingerprint density at radius 3 is 2.50 bits per heavy atom. The van der Waals surface area contributed by atoms with Gasteiger partial charge in [-0.3, -0.25) is 4.31 Å². The van der Waals surface area contributed by atoms with E-state index in [-0.39, 0.29) is 29.4 Å². The fraction of sp³-hybridized carbons (Fsp3) is 0.217. The molecule has 0 unspecified atom stereocenters. The number of anilines is 2. The monoisotopic (exact) mass is 489 g/mol. The van der Waals surface area contributed by atoms with Crippen molar-refractivity contribution in [2.75, 3.05) is 22.9 Å². The lowest BCUT2D eigenvalue weighted by molar-refractivity contribution is 0.0180. The lowest BCUT2D eigenvalue weighted by Crippen LogP contribution is -2.27. The number of hydrogen-bond donors (Lipinski definition) is 2. The summed E-state index contributed by atoms with van der Waals surface area (Å²) >= 11 is 0. The van der Waals surface area contributed by atoms with Crippen LogP contribution in [0.15, 0.2) is 54.9 Å². The molecule has 3 aromatic heterocycles. The van der Waals surface area contributed by atoms with Crippen LogP contribution in [0.4, 0.5) is 24.7 Å². The third-order valence-electron chi connectivity index (χ3n) is 5.41. The van der Waals surface area contributed by atoms with Gasteiger partial charge < -0.3 is 10.3 Å². The van der Waals surface area contributed by atoms with E-state index < -0.39 is 15.9 Å². The molecule has 2 N–H and O–H groups in total. The van der Waals surface area contributed by atoms with Crippen LogP contribution in [0.1, 0.15) is 18.1 Å². The number of sulfonamides is 1. The van der Waals surface area contributed by atoms with Gasteiger partial charge in [0, 0.05) is 49.6 Å². The van der Waals surface area contributed by atoms with Gasteiger partial charge in [-0.25, -0.2) is 31.6 Å². The number of H-pyrrole nitrogens is 1. The summed E-state index contributed by atoms with van der Waals surface area (Å²) in [5.41, 5.74) is 1.96. The van der Waals surface area contributed by atoms with E-state index in [1.165, 1.54) is 25.4 Å². The van der Waals surface area contributed by atoms with Gasteiger partial charge in [-0.1, -0.05) is 6.07 Å². The smallest absolute Gasteiger partial charge is 0.274 e. The van der Waals surface area contributed by atoms with Crippen LogP contribution in [0.3, 0.4) is 0 Å². The molecular formula is C23H22F3N5O2S. The van der Waals surface area contributed by atoms with E-state index in [1.807, 2.05) is 0 Å². The molecule has 11 heteroatoms. The van der Waals surface area contributed by atoms with Gasteiger partial charge >= 0.3 is 0 Å². The summed E-state index contributed by atoms with van der Waals surface area (Å²) < 4.78 is 67.3. The van der Waals surface area contributed by atoms with E-state index in [0.29, 0.717) is 27.9 Å². The van der Waals surface area contributed by atoms with Crippen molar-refractivity contribution < 1.29 is 21.6 Å². The molecule has 3 heterocycles. The minimum absolute atomic E-state index is 0.0300. The average molecular weight is 490 g/mol. The van der Waals surface area contributed by atoms with Gasteiger partial charge in [0.05, 0.1) is 17.5 Å². The highest BCUT2D eigenvalue weighted by Gasteiger charge is 2.30. The molecule has 0 spiro atoms. The van der Waals surface area contributed by atoms with Gasteiger partial charge in [0.2, 0.25) is 10.0 Å². The van der Waals surface area contributed by atoms with Crippen molar-refractivity contribution in [1.29, 1.82) is 0 Å². The van der Waals surface area contributed by atoms with Crippen molar-refractivity contribution >= 4 is 32.6 Å². The fourth-order valence-corrected chi connectivity index (χ4v) is 4.05. The van der Waals surface area contributed by atoms with Gasteiger partial charge in [0.25, 0.3) is 5.92 Å². The predicted molar refractivity (Wildman–Crippen MR) is 126 cm³/mol. The summed E-state index contributed by atoms with van der Waals surface area (Å²) in [5, 5.41) is 3.46. The maximum absolute atomic E-state index is 14.5. The van der Waals surface area contributed by atoms with E-state index in [0.717, 1.165) is 23.7 Å². The van der Waals surface area contributed by atoms with Crippen molar-refractivity contribution in [2.45, 2.75) is 19.4 Å². The van der Waals surface area contributed by atoms with Crippen molar-refractivity contribution in [3.63, 3.8) is 0 Å². The molecule has 0 aliphatic rings. The zero-order valence-electron chi connectivity index (χ0n) is 18.6. The van der Waals surface area contributed by atoms with Gasteiger partial charge in [-0.05, 0) is 42.0 Å². The Hall–Kier alpha value is -3.60. The Morgan fingerprint density at radius 2 is 1.85 bits per heavy atom. The van der Waals surface area contributed by atoms with Crippen LogP contribution in [0.2, 0.25) is 0 Å². The average Bonchev–Trinajstić information content (AvgIpc) is 3.21. The number of halogens is 3. The topological polar surface area (TPSA) is 91.0 Å². The molecule has 0 atom stereocenters. The number of pyridine rings is 2. The first-order valence-corrected chi connectivity index (χ1v) is 12.1. The Kier molecular flexibility index (Phi) is 5.98. The third-order valence-corrected chi connectivity index (χ3v) is 6.57. The molecular weight excluding hydrogens is 467 g/mol. The lowest BCUT2D eigenvalue weighted by atomic mass is 10.1. The number of nitrogens with zero attached hydrogens (tertiary/aromatic N) is 3. The highest BCUT2D eigenvalue weighted by atomic mass is 32.2. The molecule has 1 aromatic carbocycles. The zero-order valence-corrected chi connectivity index (χ0v) is 19.4. The van der Waals surface area contributed by atoms with Crippen LogP contribution in [-0.4, -0.2) is 36.7 Å². The molecule has 4 aromatic rings. The number of nitrogens with one attached hydrogen (secondary N) is 2. The quantitative estimate of drug-likeness (QED) is 0.386. The minimum atomic E-state index is -3.58. The molecule has 0 fully saturated rings. The van der Waals surface area contributed by atoms with Crippen molar-refractivity contribution in [2.24, 2.45) is 0 Å². The van der Waals surface area contributed by atoms with Gasteiger partial charge in [-0.15, -0.1) is 0 Å². The molecule has 0 radical (unpaired) electrons. The normalized spacial score (nSPS) is 12.2. The van der Waals surface area contributed by atoms with E-state index >= 15 is 0 Å². The van der Waals surface area contributed by atoms with Gasteiger partial charge in [0.15, 0.2) is 0 Å². The minimum Gasteiger partial charge on any atom is -0.380 e. The first-order valence-electron chi connectivity index (χ1n) is 10.2. The van der Waals surface area contributed by atoms with Crippen LogP contribution in [0.5, 0.6) is 0 Å². The Labute approximate surface area is 194 Å². The summed E-state index contributed by atoms with van der Waals surface area (Å²) in [6, 6.07) is 10.7. The molecule has 0 saturated carbocycles. The number of benzene rings is 1. The summed E-state index contributed by atoms with van der Waals surface area (Å²) in [5.74, 6) is -3.40. The second-order valence-electron chi connectivity index (χ2n) is 7.96. The molecule has 4 rings (SSSR count). The zero-order chi connectivity index (χ0) is 24.7. The van der Waals surface area contributed by atoms with Crippen LogP contribution >= 0.6 is 0 Å². The molecule has 178 valence electrons. The molecule has 7 nitrogen and oxygen atoms in total. The Balaban J connectivity index is 1.78. The lowest BCUT2D eigenvalue weighted by Gasteiger charge is -2.21. The van der Waals surface area contributed by atoms with E-state index in [2.05, 4.69) is 20.3 Å². The molecule has 0 aliphatic heterocycles. The highest BCUT2D eigenvalue weighted by Crippen LogP contribution is 2.38. The predicted octanol–water partition coefficient (Wildman–Crippen LogP) is 4.88. The van der Waals surface area contributed by atoms with Gasteiger partial charge in [-0.2, -0.15) is 0 Å². The van der Waals surface area contributed by atoms with Crippen molar-refractivity contribution in [1.82, 2.24) is 15.0 Å². The third kappa shape index (κ3) is 4.69. The van der Waals surface area contributed by atoms with Gasteiger partial charge in [0.1, 0.15) is 17.3 Å². The van der Waals surface area contributed by atoms with Crippen molar-refractivity contribution in [3.05, 3.63) is 71.8 Å². The SMILES string of the molecule is CN(c1ncccc1CNc1c(C(C)(F)F)cnc2[nH]c(-c3ccc(F)cc3)cc12)S(C)(=O)=O. The van der Waals surface area contributed by atoms with Crippen LogP contribution in [0, 0.1) is 5.82 Å². The molecule has 34 heavy (non-hydrogen) atoms. The van der Waals surface area contributed by atoms with E-state index in [4.69, 9.17) is 0 Å². The number of fused-ring (bicyclic) bond motifs is 1. The van der Waals surface area contributed by atoms with Crippen LogP contribution in [-0.2, 0) is 22.5 Å². The molecule has 0 bridgehead atoms. The molecule has 0 aliphatic carbocycles. The van der Waals surface area contributed by atoms with E-state index in [9.17, 15) is 21.6 Å². The summed E-state index contributed by atoms with van der Waals surface area (Å²) in [4.78, 5) is 11.4. The van der Waals surface area contributed by atoms with Crippen molar-refractivity contribution in [3.8, 4) is 11.3 Å².